The zero-order valence-corrected chi connectivity index (χ0v) is 11.4. The average Bonchev–Trinajstić information content (AvgIpc) is 2.91. The van der Waals surface area contributed by atoms with Crippen LogP contribution in [0.2, 0.25) is 5.02 Å². The zero-order valence-electron chi connectivity index (χ0n) is 10.7. The summed E-state index contributed by atoms with van der Waals surface area (Å²) in [4.78, 5) is 16.4. The Balaban J connectivity index is 1.86. The van der Waals surface area contributed by atoms with E-state index in [0.29, 0.717) is 10.7 Å². The van der Waals surface area contributed by atoms with E-state index in [1.54, 1.807) is 24.3 Å². The molecule has 5 heteroatoms. The predicted octanol–water partition coefficient (Wildman–Crippen LogP) is 3.18. The average molecular weight is 289 g/mol. The quantitative estimate of drug-likeness (QED) is 0.892. The number of nitrogens with one attached hydrogen (secondary N) is 1. The summed E-state index contributed by atoms with van der Waals surface area (Å²) in [7, 11) is 0. The molecule has 3 rings (SSSR count). The van der Waals surface area contributed by atoms with E-state index >= 15 is 0 Å². The normalized spacial score (nSPS) is 13.1. The topological polar surface area (TPSA) is 62.2 Å². The van der Waals surface area contributed by atoms with Crippen LogP contribution in [0.5, 0.6) is 5.75 Å². The summed E-state index contributed by atoms with van der Waals surface area (Å²) < 4.78 is 0. The lowest BCUT2D eigenvalue weighted by molar-refractivity contribution is 0.102. The van der Waals surface area contributed by atoms with E-state index in [4.69, 9.17) is 11.6 Å². The number of rotatable bonds is 2. The summed E-state index contributed by atoms with van der Waals surface area (Å²) in [5.74, 6) is -0.314. The van der Waals surface area contributed by atoms with Crippen LogP contribution in [0.1, 0.15) is 28.0 Å². The Morgan fingerprint density at radius 1 is 1.25 bits per heavy atom. The number of aromatic hydroxyl groups is 1. The number of pyridine rings is 1. The number of carbonyl (C=O) groups excluding carboxylic acids is 1. The third-order valence-corrected chi connectivity index (χ3v) is 3.68. The van der Waals surface area contributed by atoms with Crippen molar-refractivity contribution in [3.63, 3.8) is 0 Å². The van der Waals surface area contributed by atoms with Gasteiger partial charge in [0, 0.05) is 28.2 Å². The molecule has 1 aliphatic rings. The van der Waals surface area contributed by atoms with Gasteiger partial charge in [0.2, 0.25) is 0 Å². The minimum absolute atomic E-state index is 0.0546. The molecule has 1 heterocycles. The fourth-order valence-corrected chi connectivity index (χ4v) is 2.52. The molecule has 0 radical (unpaired) electrons. The van der Waals surface area contributed by atoms with Crippen molar-refractivity contribution < 1.29 is 9.90 Å². The molecule has 0 spiro atoms. The van der Waals surface area contributed by atoms with Gasteiger partial charge in [-0.1, -0.05) is 11.6 Å². The lowest BCUT2D eigenvalue weighted by Crippen LogP contribution is -2.13. The largest absolute Gasteiger partial charge is 0.507 e. The van der Waals surface area contributed by atoms with Crippen LogP contribution in [0.25, 0.3) is 0 Å². The van der Waals surface area contributed by atoms with E-state index in [2.05, 4.69) is 10.3 Å². The lowest BCUT2D eigenvalue weighted by Gasteiger charge is -2.09. The third kappa shape index (κ3) is 2.34. The molecule has 1 amide bonds. The maximum atomic E-state index is 12.2. The fourth-order valence-electron chi connectivity index (χ4n) is 2.39. The third-order valence-electron chi connectivity index (χ3n) is 3.43. The summed E-state index contributed by atoms with van der Waals surface area (Å²) in [6.07, 6.45) is 4.04. The Labute approximate surface area is 121 Å². The van der Waals surface area contributed by atoms with Crippen LogP contribution in [-0.2, 0) is 12.8 Å². The summed E-state index contributed by atoms with van der Waals surface area (Å²) in [5.41, 5.74) is 2.53. The van der Waals surface area contributed by atoms with Crippen LogP contribution in [0, 0.1) is 0 Å². The van der Waals surface area contributed by atoms with E-state index in [9.17, 15) is 9.90 Å². The number of fused-ring (bicyclic) bond motifs is 1. The molecule has 0 atom stereocenters. The Hall–Kier alpha value is -2.07. The van der Waals surface area contributed by atoms with Crippen LogP contribution in [0.4, 0.5) is 5.69 Å². The highest BCUT2D eigenvalue weighted by atomic mass is 35.5. The Morgan fingerprint density at radius 3 is 2.75 bits per heavy atom. The van der Waals surface area contributed by atoms with Crippen LogP contribution < -0.4 is 5.32 Å². The van der Waals surface area contributed by atoms with E-state index in [1.807, 2.05) is 0 Å². The van der Waals surface area contributed by atoms with Crippen molar-refractivity contribution >= 4 is 23.2 Å². The van der Waals surface area contributed by atoms with E-state index in [0.717, 1.165) is 30.5 Å². The standard InChI is InChI=1S/C15H13ClN2O2/c16-9-4-6-10(7-5-9)18-15(20)12-8-17-13-3-1-2-11(13)14(12)19/h4-8H,1-3H2,(H,17,19)(H,18,20). The molecule has 0 aliphatic heterocycles. The number of halogens is 1. The molecule has 1 aromatic heterocycles. The number of amides is 1. The van der Waals surface area contributed by atoms with Gasteiger partial charge in [0.15, 0.2) is 0 Å². The molecule has 20 heavy (non-hydrogen) atoms. The number of aryl methyl sites for hydroxylation is 1. The highest BCUT2D eigenvalue weighted by Gasteiger charge is 2.22. The van der Waals surface area contributed by atoms with E-state index in [-0.39, 0.29) is 17.2 Å². The number of nitrogens with zero attached hydrogens (tertiary/aromatic N) is 1. The van der Waals surface area contributed by atoms with Crippen molar-refractivity contribution in [1.82, 2.24) is 4.98 Å². The molecule has 0 saturated carbocycles. The Kier molecular flexibility index (Phi) is 3.32. The van der Waals surface area contributed by atoms with E-state index < -0.39 is 0 Å². The molecule has 0 fully saturated rings. The van der Waals surface area contributed by atoms with Gasteiger partial charge in [-0.25, -0.2) is 0 Å². The zero-order chi connectivity index (χ0) is 14.1. The molecule has 2 N–H and O–H groups in total. The first-order chi connectivity index (χ1) is 9.65. The predicted molar refractivity (Wildman–Crippen MR) is 77.3 cm³/mol. The molecule has 2 aromatic rings. The van der Waals surface area contributed by atoms with Gasteiger partial charge < -0.3 is 10.4 Å². The fraction of sp³-hybridized carbons (Fsp3) is 0.200. The van der Waals surface area contributed by atoms with Crippen molar-refractivity contribution in [1.29, 1.82) is 0 Å². The number of hydrogen-bond acceptors (Lipinski definition) is 3. The Bertz CT molecular complexity index is 668. The second kappa shape index (κ2) is 5.13. The maximum Gasteiger partial charge on any atom is 0.261 e. The van der Waals surface area contributed by atoms with Gasteiger partial charge in [-0.15, -0.1) is 0 Å². The van der Waals surface area contributed by atoms with Gasteiger partial charge in [0.25, 0.3) is 5.91 Å². The van der Waals surface area contributed by atoms with Crippen LogP contribution in [0.15, 0.2) is 30.5 Å². The monoisotopic (exact) mass is 288 g/mol. The summed E-state index contributed by atoms with van der Waals surface area (Å²) in [6.45, 7) is 0. The van der Waals surface area contributed by atoms with Gasteiger partial charge in [0.05, 0.1) is 0 Å². The van der Waals surface area contributed by atoms with Crippen molar-refractivity contribution in [3.05, 3.63) is 52.3 Å². The van der Waals surface area contributed by atoms with E-state index in [1.165, 1.54) is 6.20 Å². The van der Waals surface area contributed by atoms with Crippen molar-refractivity contribution in [2.45, 2.75) is 19.3 Å². The molecule has 0 bridgehead atoms. The second-order valence-electron chi connectivity index (χ2n) is 4.76. The molecule has 1 aromatic carbocycles. The number of anilines is 1. The Morgan fingerprint density at radius 2 is 2.00 bits per heavy atom. The lowest BCUT2D eigenvalue weighted by atomic mass is 10.1. The van der Waals surface area contributed by atoms with Gasteiger partial charge in [0.1, 0.15) is 11.3 Å². The van der Waals surface area contributed by atoms with Gasteiger partial charge in [-0.3, -0.25) is 9.78 Å². The smallest absolute Gasteiger partial charge is 0.261 e. The number of carbonyl (C=O) groups is 1. The minimum atomic E-state index is -0.368. The first kappa shape index (κ1) is 12.9. The molecular formula is C15H13ClN2O2. The van der Waals surface area contributed by atoms with Gasteiger partial charge in [-0.2, -0.15) is 0 Å². The molecule has 102 valence electrons. The van der Waals surface area contributed by atoms with Gasteiger partial charge >= 0.3 is 0 Å². The minimum Gasteiger partial charge on any atom is -0.507 e. The number of benzene rings is 1. The molecule has 0 saturated heterocycles. The summed E-state index contributed by atoms with van der Waals surface area (Å²) >= 11 is 5.79. The molecule has 1 aliphatic carbocycles. The van der Waals surface area contributed by atoms with Crippen LogP contribution in [0.3, 0.4) is 0 Å². The first-order valence-corrected chi connectivity index (χ1v) is 6.79. The highest BCUT2D eigenvalue weighted by molar-refractivity contribution is 6.30. The number of aromatic nitrogens is 1. The second-order valence-corrected chi connectivity index (χ2v) is 5.20. The first-order valence-electron chi connectivity index (χ1n) is 6.42. The highest BCUT2D eigenvalue weighted by Crippen LogP contribution is 2.31. The van der Waals surface area contributed by atoms with Gasteiger partial charge in [-0.05, 0) is 43.5 Å². The molecule has 0 unspecified atom stereocenters. The van der Waals surface area contributed by atoms with Crippen molar-refractivity contribution in [2.24, 2.45) is 0 Å². The summed E-state index contributed by atoms with van der Waals surface area (Å²) in [6, 6.07) is 6.80. The SMILES string of the molecule is O=C(Nc1ccc(Cl)cc1)c1cnc2c(c1O)CCC2. The number of hydrogen-bond donors (Lipinski definition) is 2. The van der Waals surface area contributed by atoms with Crippen molar-refractivity contribution in [3.8, 4) is 5.75 Å². The molecule has 4 nitrogen and oxygen atoms in total. The maximum absolute atomic E-state index is 12.2. The van der Waals surface area contributed by atoms with Crippen LogP contribution in [-0.4, -0.2) is 16.0 Å². The van der Waals surface area contributed by atoms with Crippen LogP contribution >= 0.6 is 11.6 Å². The van der Waals surface area contributed by atoms with Crippen molar-refractivity contribution in [2.75, 3.05) is 5.32 Å². The molecular weight excluding hydrogens is 276 g/mol. The summed E-state index contributed by atoms with van der Waals surface area (Å²) in [5, 5.41) is 13.5.